The van der Waals surface area contributed by atoms with Crippen LogP contribution in [0.1, 0.15) is 12.8 Å². The van der Waals surface area contributed by atoms with Crippen LogP contribution in [0.4, 0.5) is 0 Å². The highest BCUT2D eigenvalue weighted by molar-refractivity contribution is 6.16. The summed E-state index contributed by atoms with van der Waals surface area (Å²) in [5.41, 5.74) is 0. The minimum absolute atomic E-state index is 0. The quantitative estimate of drug-likeness (QED) is 0.232. The molecule has 1 fully saturated rings. The van der Waals surface area contributed by atoms with Crippen LogP contribution in [0.5, 0.6) is 0 Å². The van der Waals surface area contributed by atoms with Crippen molar-refractivity contribution < 1.29 is 28.5 Å². The molecule has 0 atom stereocenters. The van der Waals surface area contributed by atoms with E-state index in [1.54, 1.807) is 0 Å². The molecule has 0 bridgehead atoms. The smallest absolute Gasteiger partial charge is 0.154 e. The zero-order chi connectivity index (χ0) is 6.04. The van der Waals surface area contributed by atoms with Crippen LogP contribution < -0.4 is 24.0 Å². The average molecular weight is 262 g/mol. The summed E-state index contributed by atoms with van der Waals surface area (Å²) in [6.07, 6.45) is 2.73. The van der Waals surface area contributed by atoms with E-state index in [9.17, 15) is 0 Å². The summed E-state index contributed by atoms with van der Waals surface area (Å²) < 4.78 is 1.08. The van der Waals surface area contributed by atoms with Crippen molar-refractivity contribution in [1.29, 1.82) is 0 Å². The van der Waals surface area contributed by atoms with Crippen LogP contribution in [0.15, 0.2) is 0 Å². The first-order valence-electron chi connectivity index (χ1n) is 3.16. The normalized spacial score (nSPS) is 23.3. The summed E-state index contributed by atoms with van der Waals surface area (Å²) in [7, 11) is 2.22. The van der Waals surface area contributed by atoms with Gasteiger partial charge in [-0.2, -0.15) is 0 Å². The van der Waals surface area contributed by atoms with E-state index >= 15 is 0 Å². The fourth-order valence-electron chi connectivity index (χ4n) is 1.22. The first-order chi connectivity index (χ1) is 3.77. The number of rotatable bonds is 1. The minimum Gasteiger partial charge on any atom is -1.00 e. The van der Waals surface area contributed by atoms with Crippen LogP contribution >= 0.6 is 11.6 Å². The van der Waals surface area contributed by atoms with E-state index in [1.165, 1.54) is 25.9 Å². The van der Waals surface area contributed by atoms with Gasteiger partial charge in [0.05, 0.1) is 20.1 Å². The molecule has 9 heavy (non-hydrogen) atoms. The number of nitrogens with zero attached hydrogens (tertiary/aromatic N) is 1. The van der Waals surface area contributed by atoms with Gasteiger partial charge in [-0.1, -0.05) is 11.6 Å². The highest BCUT2D eigenvalue weighted by atomic mass is 127. The fourth-order valence-corrected chi connectivity index (χ4v) is 1.46. The van der Waals surface area contributed by atoms with Crippen molar-refractivity contribution in [2.24, 2.45) is 0 Å². The molecule has 56 valence electrons. The molecular weight excluding hydrogens is 248 g/mol. The van der Waals surface area contributed by atoms with E-state index in [2.05, 4.69) is 7.05 Å². The van der Waals surface area contributed by atoms with E-state index in [-0.39, 0.29) is 24.0 Å². The van der Waals surface area contributed by atoms with Gasteiger partial charge in [0.2, 0.25) is 0 Å². The maximum atomic E-state index is 5.72. The molecule has 0 aromatic rings. The molecule has 1 rings (SSSR count). The number of quaternary nitrogens is 1. The number of alkyl halides is 1. The highest BCUT2D eigenvalue weighted by Crippen LogP contribution is 2.16. The molecule has 1 nitrogen and oxygen atoms in total. The molecule has 0 aromatic carbocycles. The van der Waals surface area contributed by atoms with Crippen LogP contribution in [0.25, 0.3) is 0 Å². The molecule has 0 radical (unpaired) electrons. The molecule has 0 spiro atoms. The van der Waals surface area contributed by atoms with Crippen molar-refractivity contribution >= 4 is 11.6 Å². The number of halogens is 2. The first-order valence-corrected chi connectivity index (χ1v) is 3.70. The summed E-state index contributed by atoms with van der Waals surface area (Å²) in [5.74, 6) is 0. The predicted molar refractivity (Wildman–Crippen MR) is 35.9 cm³/mol. The summed E-state index contributed by atoms with van der Waals surface area (Å²) >= 11 is 5.72. The molecule has 0 aromatic heterocycles. The lowest BCUT2D eigenvalue weighted by atomic mass is 10.4. The first kappa shape index (κ1) is 9.98. The zero-order valence-electron chi connectivity index (χ0n) is 5.74. The highest BCUT2D eigenvalue weighted by Gasteiger charge is 2.24. The Morgan fingerprint density at radius 1 is 1.33 bits per heavy atom. The van der Waals surface area contributed by atoms with Crippen molar-refractivity contribution in [2.75, 3.05) is 26.1 Å². The van der Waals surface area contributed by atoms with E-state index in [0.29, 0.717) is 0 Å². The second-order valence-corrected chi connectivity index (χ2v) is 3.13. The summed E-state index contributed by atoms with van der Waals surface area (Å²) in [5, 5.41) is 0. The Kier molecular flexibility index (Phi) is 4.42. The third kappa shape index (κ3) is 2.60. The van der Waals surface area contributed by atoms with Crippen LogP contribution in [-0.4, -0.2) is 30.6 Å². The van der Waals surface area contributed by atoms with Crippen LogP contribution in [-0.2, 0) is 0 Å². The Morgan fingerprint density at radius 2 is 1.78 bits per heavy atom. The van der Waals surface area contributed by atoms with Crippen molar-refractivity contribution in [3.05, 3.63) is 0 Å². The van der Waals surface area contributed by atoms with E-state index in [0.717, 1.165) is 10.5 Å². The Balaban J connectivity index is 0.000000640. The standard InChI is InChI=1S/C6H13ClN.HI/c1-8(6-7)4-2-3-5-8;/h2-6H2,1H3;1H/q+1;/p-1. The maximum absolute atomic E-state index is 5.72. The Bertz CT molecular complexity index is 81.1. The number of likely N-dealkylation sites (tertiary alicyclic amines) is 1. The molecule has 0 saturated carbocycles. The Morgan fingerprint density at radius 3 is 2.00 bits per heavy atom. The van der Waals surface area contributed by atoms with Crippen molar-refractivity contribution in [1.82, 2.24) is 0 Å². The lowest BCUT2D eigenvalue weighted by Gasteiger charge is -2.25. The van der Waals surface area contributed by atoms with E-state index < -0.39 is 0 Å². The van der Waals surface area contributed by atoms with Gasteiger partial charge in [0.1, 0.15) is 0 Å². The van der Waals surface area contributed by atoms with Gasteiger partial charge in [-0.25, -0.2) is 0 Å². The molecule has 0 unspecified atom stereocenters. The molecular formula is C6H13ClIN. The zero-order valence-corrected chi connectivity index (χ0v) is 8.65. The van der Waals surface area contributed by atoms with Gasteiger partial charge in [-0.3, -0.25) is 0 Å². The van der Waals surface area contributed by atoms with Gasteiger partial charge in [0.15, 0.2) is 6.00 Å². The third-order valence-electron chi connectivity index (χ3n) is 1.93. The molecule has 0 aliphatic carbocycles. The van der Waals surface area contributed by atoms with Gasteiger partial charge in [-0.15, -0.1) is 0 Å². The predicted octanol–water partition coefficient (Wildman–Crippen LogP) is -1.57. The summed E-state index contributed by atoms with van der Waals surface area (Å²) in [6.45, 7) is 2.56. The van der Waals surface area contributed by atoms with Crippen molar-refractivity contribution in [3.63, 3.8) is 0 Å². The summed E-state index contributed by atoms with van der Waals surface area (Å²) in [4.78, 5) is 0. The lowest BCUT2D eigenvalue weighted by Crippen LogP contribution is -3.00. The SMILES string of the molecule is C[N+]1(CCl)CCCC1.[I-]. The summed E-state index contributed by atoms with van der Waals surface area (Å²) in [6, 6.07) is 0.792. The third-order valence-corrected chi connectivity index (χ3v) is 2.51. The van der Waals surface area contributed by atoms with Crippen LogP contribution in [0.3, 0.4) is 0 Å². The molecule has 1 aliphatic rings. The molecule has 0 amide bonds. The van der Waals surface area contributed by atoms with Crippen molar-refractivity contribution in [3.8, 4) is 0 Å². The Labute approximate surface area is 79.0 Å². The monoisotopic (exact) mass is 261 g/mol. The van der Waals surface area contributed by atoms with Crippen LogP contribution in [0.2, 0.25) is 0 Å². The van der Waals surface area contributed by atoms with Crippen molar-refractivity contribution in [2.45, 2.75) is 12.8 Å². The number of hydrogen-bond acceptors (Lipinski definition) is 0. The largest absolute Gasteiger partial charge is 1.00 e. The van der Waals surface area contributed by atoms with Gasteiger partial charge in [-0.05, 0) is 0 Å². The van der Waals surface area contributed by atoms with Crippen LogP contribution in [0, 0.1) is 0 Å². The van der Waals surface area contributed by atoms with Gasteiger partial charge < -0.3 is 28.5 Å². The molecule has 1 heterocycles. The fraction of sp³-hybridized carbons (Fsp3) is 1.00. The minimum atomic E-state index is 0. The molecule has 1 saturated heterocycles. The molecule has 0 N–H and O–H groups in total. The second-order valence-electron chi connectivity index (χ2n) is 2.89. The van der Waals surface area contributed by atoms with E-state index in [4.69, 9.17) is 11.6 Å². The maximum Gasteiger partial charge on any atom is 0.154 e. The average Bonchev–Trinajstić information content (AvgIpc) is 2.17. The Hall–Kier alpha value is 0.980. The molecule has 3 heteroatoms. The van der Waals surface area contributed by atoms with E-state index in [1.807, 2.05) is 0 Å². The second kappa shape index (κ2) is 3.98. The topological polar surface area (TPSA) is 0 Å². The number of hydrogen-bond donors (Lipinski definition) is 0. The lowest BCUT2D eigenvalue weighted by molar-refractivity contribution is -0.886. The molecule has 1 aliphatic heterocycles. The van der Waals surface area contributed by atoms with Gasteiger partial charge >= 0.3 is 0 Å². The van der Waals surface area contributed by atoms with Gasteiger partial charge in [0, 0.05) is 12.8 Å². The van der Waals surface area contributed by atoms with Gasteiger partial charge in [0.25, 0.3) is 0 Å².